The van der Waals surface area contributed by atoms with E-state index in [-0.39, 0.29) is 24.4 Å². The lowest BCUT2D eigenvalue weighted by Crippen LogP contribution is -2.44. The van der Waals surface area contributed by atoms with Crippen molar-refractivity contribution in [2.75, 3.05) is 36.0 Å². The largest absolute Gasteiger partial charge is 0.371 e. The Hall–Kier alpha value is -2.72. The monoisotopic (exact) mass is 425 g/mol. The van der Waals surface area contributed by atoms with E-state index in [0.717, 1.165) is 69.1 Å². The van der Waals surface area contributed by atoms with Gasteiger partial charge in [0.05, 0.1) is 36.6 Å². The van der Waals surface area contributed by atoms with Crippen molar-refractivity contribution in [3.63, 3.8) is 0 Å². The molecule has 4 aliphatic heterocycles. The Morgan fingerprint density at radius 1 is 0.968 bits per heavy atom. The van der Waals surface area contributed by atoms with Crippen LogP contribution in [0.15, 0.2) is 18.3 Å². The van der Waals surface area contributed by atoms with E-state index in [2.05, 4.69) is 31.2 Å². The second-order valence-corrected chi connectivity index (χ2v) is 9.00. The fraction of sp³-hybridized carbons (Fsp3) is 0.619. The van der Waals surface area contributed by atoms with Crippen LogP contribution in [0.25, 0.3) is 0 Å². The number of hydrogen-bond acceptors (Lipinski definition) is 8. The van der Waals surface area contributed by atoms with Crippen molar-refractivity contribution in [2.24, 2.45) is 5.73 Å². The first kappa shape index (κ1) is 19.0. The Labute approximate surface area is 180 Å². The molecule has 2 N–H and O–H groups in total. The van der Waals surface area contributed by atoms with Crippen molar-refractivity contribution in [2.45, 2.75) is 56.6 Å². The molecule has 10 nitrogen and oxygen atoms in total. The van der Waals surface area contributed by atoms with Crippen molar-refractivity contribution < 1.29 is 14.3 Å². The average Bonchev–Trinajstić information content (AvgIpc) is 3.46. The molecule has 4 unspecified atom stereocenters. The molecule has 0 saturated carbocycles. The summed E-state index contributed by atoms with van der Waals surface area (Å²) in [4.78, 5) is 16.4. The molecule has 4 saturated heterocycles. The molecule has 31 heavy (non-hydrogen) atoms. The maximum absolute atomic E-state index is 11.8. The minimum Gasteiger partial charge on any atom is -0.371 e. The van der Waals surface area contributed by atoms with Crippen molar-refractivity contribution in [1.82, 2.24) is 20.0 Å². The SMILES string of the molecule is NC(=O)c1ccnn1Cc1nnc(N2CC3CCC(C2)O3)cc1N1CC2CCC(C1)O2. The van der Waals surface area contributed by atoms with E-state index in [1.54, 1.807) is 16.9 Å². The van der Waals surface area contributed by atoms with E-state index in [9.17, 15) is 4.79 Å². The molecule has 0 aromatic carbocycles. The normalized spacial score (nSPS) is 29.5. The third kappa shape index (κ3) is 3.53. The van der Waals surface area contributed by atoms with E-state index >= 15 is 0 Å². The molecular formula is C21H27N7O3. The number of nitrogens with zero attached hydrogens (tertiary/aromatic N) is 6. The van der Waals surface area contributed by atoms with Gasteiger partial charge in [0.1, 0.15) is 11.4 Å². The Morgan fingerprint density at radius 2 is 1.58 bits per heavy atom. The molecular weight excluding hydrogens is 398 g/mol. The Bertz CT molecular complexity index is 971. The highest BCUT2D eigenvalue weighted by Gasteiger charge is 2.37. The van der Waals surface area contributed by atoms with Gasteiger partial charge in [-0.3, -0.25) is 9.48 Å². The zero-order valence-corrected chi connectivity index (χ0v) is 17.4. The molecule has 2 aromatic rings. The number of morpholine rings is 2. The smallest absolute Gasteiger partial charge is 0.266 e. The summed E-state index contributed by atoms with van der Waals surface area (Å²) in [6, 6.07) is 3.77. The first-order chi connectivity index (χ1) is 15.1. The molecule has 4 aliphatic rings. The van der Waals surface area contributed by atoms with E-state index in [0.29, 0.717) is 12.2 Å². The van der Waals surface area contributed by atoms with Crippen LogP contribution in [-0.2, 0) is 16.0 Å². The number of nitrogens with two attached hydrogens (primary N) is 1. The Kier molecular flexibility index (Phi) is 4.57. The molecule has 6 rings (SSSR count). The average molecular weight is 425 g/mol. The minimum absolute atomic E-state index is 0.258. The highest BCUT2D eigenvalue weighted by atomic mass is 16.5. The van der Waals surface area contributed by atoms with E-state index in [4.69, 9.17) is 15.2 Å². The summed E-state index contributed by atoms with van der Waals surface area (Å²) < 4.78 is 13.6. The van der Waals surface area contributed by atoms with Crippen LogP contribution in [0.5, 0.6) is 0 Å². The van der Waals surface area contributed by atoms with Gasteiger partial charge in [0, 0.05) is 38.4 Å². The lowest BCUT2D eigenvalue weighted by molar-refractivity contribution is 0.0299. The number of hydrogen-bond donors (Lipinski definition) is 1. The van der Waals surface area contributed by atoms with E-state index in [1.807, 2.05) is 0 Å². The maximum atomic E-state index is 11.8. The molecule has 0 radical (unpaired) electrons. The lowest BCUT2D eigenvalue weighted by Gasteiger charge is -2.36. The second kappa shape index (κ2) is 7.45. The number of carbonyl (C=O) groups is 1. The number of ether oxygens (including phenoxy) is 2. The van der Waals surface area contributed by atoms with Crippen LogP contribution in [0.4, 0.5) is 11.5 Å². The molecule has 4 atom stereocenters. The van der Waals surface area contributed by atoms with Crippen molar-refractivity contribution in [1.29, 1.82) is 0 Å². The molecule has 4 bridgehead atoms. The molecule has 2 aromatic heterocycles. The summed E-state index contributed by atoms with van der Waals surface area (Å²) in [6.07, 6.45) is 7.08. The molecule has 0 spiro atoms. The predicted octanol–water partition coefficient (Wildman–Crippen LogP) is 0.556. The van der Waals surface area contributed by atoms with Gasteiger partial charge in [-0.2, -0.15) is 5.10 Å². The van der Waals surface area contributed by atoms with Crippen LogP contribution in [-0.4, -0.2) is 76.5 Å². The molecule has 164 valence electrons. The number of aromatic nitrogens is 4. The summed E-state index contributed by atoms with van der Waals surface area (Å²) in [7, 11) is 0. The fourth-order valence-electron chi connectivity index (χ4n) is 5.36. The third-order valence-corrected chi connectivity index (χ3v) is 6.85. The van der Waals surface area contributed by atoms with E-state index < -0.39 is 5.91 Å². The number of amides is 1. The standard InChI is InChI=1S/C21H27N7O3/c22-21(29)18-5-6-23-28(18)12-17-19(26-8-13-1-2-14(9-26)30-13)7-20(25-24-17)27-10-15-3-4-16(11-27)31-15/h5-7,13-16H,1-4,8-12H2,(H2,22,29). The Morgan fingerprint density at radius 3 is 2.19 bits per heavy atom. The number of primary amides is 1. The van der Waals surface area contributed by atoms with Gasteiger partial charge in [0.2, 0.25) is 0 Å². The molecule has 6 heterocycles. The maximum Gasteiger partial charge on any atom is 0.266 e. The van der Waals surface area contributed by atoms with Gasteiger partial charge in [-0.15, -0.1) is 10.2 Å². The Balaban J connectivity index is 1.34. The van der Waals surface area contributed by atoms with Gasteiger partial charge in [-0.25, -0.2) is 0 Å². The first-order valence-corrected chi connectivity index (χ1v) is 11.1. The summed E-state index contributed by atoms with van der Waals surface area (Å²) in [5.74, 6) is 0.380. The van der Waals surface area contributed by atoms with Crippen molar-refractivity contribution in [3.8, 4) is 0 Å². The number of fused-ring (bicyclic) bond motifs is 4. The number of carbonyl (C=O) groups excluding carboxylic acids is 1. The summed E-state index contributed by atoms with van der Waals surface area (Å²) >= 11 is 0. The quantitative estimate of drug-likeness (QED) is 0.740. The zero-order valence-electron chi connectivity index (χ0n) is 17.4. The van der Waals surface area contributed by atoms with Crippen molar-refractivity contribution >= 4 is 17.4 Å². The van der Waals surface area contributed by atoms with Gasteiger partial charge in [0.25, 0.3) is 5.91 Å². The summed E-state index contributed by atoms with van der Waals surface area (Å²) in [5.41, 5.74) is 7.70. The molecule has 10 heteroatoms. The van der Waals surface area contributed by atoms with Crippen LogP contribution < -0.4 is 15.5 Å². The second-order valence-electron chi connectivity index (χ2n) is 9.00. The molecule has 1 amide bonds. The van der Waals surface area contributed by atoms with E-state index in [1.165, 1.54) is 0 Å². The predicted molar refractivity (Wildman–Crippen MR) is 112 cm³/mol. The van der Waals surface area contributed by atoms with Gasteiger partial charge >= 0.3 is 0 Å². The number of anilines is 2. The van der Waals surface area contributed by atoms with Gasteiger partial charge in [-0.1, -0.05) is 0 Å². The number of rotatable bonds is 5. The van der Waals surface area contributed by atoms with Crippen molar-refractivity contribution in [3.05, 3.63) is 29.7 Å². The van der Waals surface area contributed by atoms with Gasteiger partial charge < -0.3 is 25.0 Å². The lowest BCUT2D eigenvalue weighted by atomic mass is 10.2. The molecule has 4 fully saturated rings. The first-order valence-electron chi connectivity index (χ1n) is 11.1. The van der Waals surface area contributed by atoms with Crippen LogP contribution in [0, 0.1) is 0 Å². The zero-order chi connectivity index (χ0) is 20.9. The van der Waals surface area contributed by atoms with Crippen LogP contribution in [0.3, 0.4) is 0 Å². The highest BCUT2D eigenvalue weighted by molar-refractivity contribution is 5.90. The molecule has 0 aliphatic carbocycles. The van der Waals surface area contributed by atoms with Crippen LogP contribution >= 0.6 is 0 Å². The summed E-state index contributed by atoms with van der Waals surface area (Å²) in [6.45, 7) is 3.72. The van der Waals surface area contributed by atoms with Crippen LogP contribution in [0.1, 0.15) is 41.9 Å². The fourth-order valence-corrected chi connectivity index (χ4v) is 5.36. The minimum atomic E-state index is -0.503. The summed E-state index contributed by atoms with van der Waals surface area (Å²) in [5, 5.41) is 13.5. The topological polar surface area (TPSA) is 112 Å². The van der Waals surface area contributed by atoms with Gasteiger partial charge in [-0.05, 0) is 31.7 Å². The van der Waals surface area contributed by atoms with Crippen LogP contribution in [0.2, 0.25) is 0 Å². The van der Waals surface area contributed by atoms with Gasteiger partial charge in [0.15, 0.2) is 5.82 Å². The third-order valence-electron chi connectivity index (χ3n) is 6.85. The highest BCUT2D eigenvalue weighted by Crippen LogP contribution is 2.34.